The van der Waals surface area contributed by atoms with E-state index in [9.17, 15) is 10.1 Å². The summed E-state index contributed by atoms with van der Waals surface area (Å²) in [4.78, 5) is 14.6. The molecule has 27 heavy (non-hydrogen) atoms. The molecule has 1 aliphatic heterocycles. The Morgan fingerprint density at radius 3 is 2.59 bits per heavy atom. The highest BCUT2D eigenvalue weighted by atomic mass is 16.1. The maximum absolute atomic E-state index is 12.5. The molecule has 0 bridgehead atoms. The van der Waals surface area contributed by atoms with Crippen molar-refractivity contribution in [2.45, 2.75) is 26.2 Å². The number of nitrogens with zero attached hydrogens (tertiary/aromatic N) is 2. The largest absolute Gasteiger partial charge is 0.347 e. The number of hydrogen-bond donors (Lipinski definition) is 1. The number of nitriles is 1. The van der Waals surface area contributed by atoms with Gasteiger partial charge in [0.2, 0.25) is 0 Å². The zero-order valence-corrected chi connectivity index (χ0v) is 16.1. The monoisotopic (exact) mass is 357 g/mol. The van der Waals surface area contributed by atoms with Crippen LogP contribution in [0.25, 0.3) is 0 Å². The molecule has 0 atom stereocenters. The highest BCUT2D eigenvalue weighted by Crippen LogP contribution is 2.46. The smallest absolute Gasteiger partial charge is 0.266 e. The molecule has 1 heterocycles. The van der Waals surface area contributed by atoms with Gasteiger partial charge in [0, 0.05) is 29.5 Å². The normalized spacial score (nSPS) is 16.8. The van der Waals surface area contributed by atoms with E-state index < -0.39 is 5.91 Å². The summed E-state index contributed by atoms with van der Waals surface area (Å²) in [6.07, 6.45) is 3.47. The number of fused-ring (bicyclic) bond motifs is 1. The maximum atomic E-state index is 12.5. The Kier molecular flexibility index (Phi) is 4.87. The Bertz CT molecular complexity index is 993. The Balaban J connectivity index is 1.88. The van der Waals surface area contributed by atoms with Crippen LogP contribution in [-0.4, -0.2) is 13.0 Å². The molecule has 4 heteroatoms. The number of aryl methyl sites for hydroxylation is 1. The molecule has 2 aromatic rings. The van der Waals surface area contributed by atoms with Gasteiger partial charge in [0.05, 0.1) is 0 Å². The van der Waals surface area contributed by atoms with Crippen LogP contribution in [-0.2, 0) is 10.2 Å². The lowest BCUT2D eigenvalue weighted by molar-refractivity contribution is -0.112. The quantitative estimate of drug-likeness (QED) is 0.640. The van der Waals surface area contributed by atoms with Gasteiger partial charge in [0.1, 0.15) is 11.6 Å². The summed E-state index contributed by atoms with van der Waals surface area (Å²) in [5, 5.41) is 12.2. The van der Waals surface area contributed by atoms with Crippen molar-refractivity contribution in [1.29, 1.82) is 5.26 Å². The lowest BCUT2D eigenvalue weighted by atomic mass is 9.83. The van der Waals surface area contributed by atoms with Gasteiger partial charge in [-0.3, -0.25) is 4.79 Å². The van der Waals surface area contributed by atoms with Crippen molar-refractivity contribution in [3.05, 3.63) is 83.1 Å². The lowest BCUT2D eigenvalue weighted by Crippen LogP contribution is -2.22. The predicted octanol–water partition coefficient (Wildman–Crippen LogP) is 4.70. The number of carbonyl (C=O) groups is 1. The van der Waals surface area contributed by atoms with Crippen LogP contribution in [0.3, 0.4) is 0 Å². The fourth-order valence-electron chi connectivity index (χ4n) is 3.55. The van der Waals surface area contributed by atoms with E-state index in [1.54, 1.807) is 6.08 Å². The minimum absolute atomic E-state index is 0.0733. The molecule has 0 unspecified atom stereocenters. The van der Waals surface area contributed by atoms with Crippen LogP contribution >= 0.6 is 0 Å². The van der Waals surface area contributed by atoms with Crippen molar-refractivity contribution >= 4 is 17.3 Å². The van der Waals surface area contributed by atoms with E-state index in [4.69, 9.17) is 0 Å². The van der Waals surface area contributed by atoms with Crippen molar-refractivity contribution in [2.75, 3.05) is 17.3 Å². The van der Waals surface area contributed by atoms with Crippen LogP contribution < -0.4 is 10.2 Å². The van der Waals surface area contributed by atoms with Crippen molar-refractivity contribution in [3.63, 3.8) is 0 Å². The second-order valence-electron chi connectivity index (χ2n) is 7.27. The molecule has 0 spiro atoms. The van der Waals surface area contributed by atoms with Gasteiger partial charge in [-0.15, -0.1) is 0 Å². The Morgan fingerprint density at radius 2 is 1.93 bits per heavy atom. The third-order valence-electron chi connectivity index (χ3n) is 4.99. The first kappa shape index (κ1) is 18.5. The zero-order chi connectivity index (χ0) is 19.6. The van der Waals surface area contributed by atoms with Gasteiger partial charge in [-0.2, -0.15) is 5.26 Å². The average Bonchev–Trinajstić information content (AvgIpc) is 2.83. The van der Waals surface area contributed by atoms with Crippen LogP contribution in [0.15, 0.2) is 72.0 Å². The van der Waals surface area contributed by atoms with Crippen LogP contribution in [0, 0.1) is 18.3 Å². The molecule has 0 saturated carbocycles. The van der Waals surface area contributed by atoms with Gasteiger partial charge in [0.15, 0.2) is 0 Å². The van der Waals surface area contributed by atoms with Crippen LogP contribution in [0.5, 0.6) is 0 Å². The van der Waals surface area contributed by atoms with Gasteiger partial charge in [-0.1, -0.05) is 44.2 Å². The topological polar surface area (TPSA) is 56.1 Å². The number of carbonyl (C=O) groups excluding carboxylic acids is 1. The number of nitrogens with one attached hydrogen (secondary N) is 1. The van der Waals surface area contributed by atoms with Crippen LogP contribution in [0.1, 0.15) is 25.0 Å². The van der Waals surface area contributed by atoms with Crippen molar-refractivity contribution in [3.8, 4) is 6.07 Å². The molecule has 1 aliphatic rings. The fourth-order valence-corrected chi connectivity index (χ4v) is 3.55. The van der Waals surface area contributed by atoms with Crippen LogP contribution in [0.2, 0.25) is 0 Å². The van der Waals surface area contributed by atoms with E-state index >= 15 is 0 Å². The first-order valence-electron chi connectivity index (χ1n) is 8.88. The zero-order valence-electron chi connectivity index (χ0n) is 16.1. The third kappa shape index (κ3) is 3.50. The number of anilines is 2. The molecule has 3 rings (SSSR count). The molecular formula is C23H23N3O. The van der Waals surface area contributed by atoms with Gasteiger partial charge in [-0.25, -0.2) is 0 Å². The summed E-state index contributed by atoms with van der Waals surface area (Å²) in [6, 6.07) is 17.8. The molecular weight excluding hydrogens is 334 g/mol. The average molecular weight is 357 g/mol. The van der Waals surface area contributed by atoms with E-state index in [-0.39, 0.29) is 11.0 Å². The molecule has 0 aromatic heterocycles. The predicted molar refractivity (Wildman–Crippen MR) is 109 cm³/mol. The minimum Gasteiger partial charge on any atom is -0.347 e. The highest BCUT2D eigenvalue weighted by molar-refractivity contribution is 6.06. The van der Waals surface area contributed by atoms with E-state index in [0.717, 1.165) is 16.9 Å². The first-order valence-corrected chi connectivity index (χ1v) is 8.88. The van der Waals surface area contributed by atoms with E-state index in [0.29, 0.717) is 5.69 Å². The number of likely N-dealkylation sites (N-methyl/N-ethyl adjacent to an activating group) is 1. The summed E-state index contributed by atoms with van der Waals surface area (Å²) >= 11 is 0. The standard InChI is InChI=1S/C23H23N3O/c1-16-8-7-9-18(14-16)25-22(27)17(15-24)12-13-21-23(2,3)19-10-5-6-11-20(19)26(21)4/h5-14H,1-4H3,(H,25,27)/b17-12+,21-13-. The van der Waals surface area contributed by atoms with Gasteiger partial charge in [-0.05, 0) is 48.4 Å². The number of rotatable bonds is 3. The SMILES string of the molecule is Cc1cccc(NC(=O)/C(C#N)=C/C=C2\N(C)c3ccccc3C2(C)C)c1. The second kappa shape index (κ2) is 7.13. The third-order valence-corrected chi connectivity index (χ3v) is 4.99. The number of allylic oxidation sites excluding steroid dienone is 3. The Labute approximate surface area is 160 Å². The number of benzene rings is 2. The van der Waals surface area contributed by atoms with Crippen molar-refractivity contribution < 1.29 is 4.79 Å². The van der Waals surface area contributed by atoms with E-state index in [1.807, 2.05) is 62.5 Å². The Morgan fingerprint density at radius 1 is 1.19 bits per heavy atom. The number of hydrogen-bond acceptors (Lipinski definition) is 3. The van der Waals surface area contributed by atoms with Crippen molar-refractivity contribution in [2.24, 2.45) is 0 Å². The lowest BCUT2D eigenvalue weighted by Gasteiger charge is -2.23. The molecule has 0 aliphatic carbocycles. The van der Waals surface area contributed by atoms with E-state index in [1.165, 1.54) is 5.56 Å². The second-order valence-corrected chi connectivity index (χ2v) is 7.27. The molecule has 2 aromatic carbocycles. The molecule has 1 N–H and O–H groups in total. The Hall–Kier alpha value is -3.32. The maximum Gasteiger partial charge on any atom is 0.266 e. The van der Waals surface area contributed by atoms with Gasteiger partial charge in [0.25, 0.3) is 5.91 Å². The molecule has 0 saturated heterocycles. The number of para-hydroxylation sites is 1. The fraction of sp³-hybridized carbons (Fsp3) is 0.217. The summed E-state index contributed by atoms with van der Waals surface area (Å²) in [7, 11) is 2.01. The van der Waals surface area contributed by atoms with Crippen LogP contribution in [0.4, 0.5) is 11.4 Å². The number of amides is 1. The summed E-state index contributed by atoms with van der Waals surface area (Å²) in [6.45, 7) is 6.25. The summed E-state index contributed by atoms with van der Waals surface area (Å²) in [5.74, 6) is -0.407. The molecule has 0 radical (unpaired) electrons. The minimum atomic E-state index is -0.407. The molecule has 1 amide bonds. The summed E-state index contributed by atoms with van der Waals surface area (Å²) in [5.41, 5.74) is 5.02. The van der Waals surface area contributed by atoms with Gasteiger partial charge >= 0.3 is 0 Å². The highest BCUT2D eigenvalue weighted by Gasteiger charge is 2.37. The molecule has 136 valence electrons. The molecule has 0 fully saturated rings. The van der Waals surface area contributed by atoms with Gasteiger partial charge < -0.3 is 10.2 Å². The molecule has 4 nitrogen and oxygen atoms in total. The summed E-state index contributed by atoms with van der Waals surface area (Å²) < 4.78 is 0. The first-order chi connectivity index (χ1) is 12.8. The van der Waals surface area contributed by atoms with E-state index in [2.05, 4.69) is 36.2 Å². The van der Waals surface area contributed by atoms with Crippen molar-refractivity contribution in [1.82, 2.24) is 0 Å².